The van der Waals surface area contributed by atoms with Gasteiger partial charge < -0.3 is 19.6 Å². The summed E-state index contributed by atoms with van der Waals surface area (Å²) in [6.07, 6.45) is 2.52. The average Bonchev–Trinajstić information content (AvgIpc) is 3.31. The van der Waals surface area contributed by atoms with Gasteiger partial charge in [0, 0.05) is 24.6 Å². The van der Waals surface area contributed by atoms with E-state index in [1.807, 2.05) is 49.4 Å². The third-order valence-electron chi connectivity index (χ3n) is 5.67. The van der Waals surface area contributed by atoms with E-state index in [9.17, 15) is 9.59 Å². The molecule has 0 bridgehead atoms. The molecule has 1 amide bonds. The predicted molar refractivity (Wildman–Crippen MR) is 120 cm³/mol. The molecule has 0 saturated heterocycles. The maximum Gasteiger partial charge on any atom is 0.303 e. The first kappa shape index (κ1) is 21.6. The molecule has 4 rings (SSSR count). The molecule has 0 aliphatic heterocycles. The summed E-state index contributed by atoms with van der Waals surface area (Å²) in [5.41, 5.74) is 4.61. The lowest BCUT2D eigenvalue weighted by atomic mass is 9.98. The number of anilines is 1. The van der Waals surface area contributed by atoms with Crippen molar-refractivity contribution in [2.75, 3.05) is 11.9 Å². The number of rotatable bonds is 8. The van der Waals surface area contributed by atoms with Crippen LogP contribution in [0.15, 0.2) is 46.9 Å². The number of amides is 1. The average molecular weight is 434 g/mol. The monoisotopic (exact) mass is 434 g/mol. The van der Waals surface area contributed by atoms with Gasteiger partial charge in [-0.15, -0.1) is 0 Å². The maximum absolute atomic E-state index is 11.3. The van der Waals surface area contributed by atoms with Gasteiger partial charge in [-0.25, -0.2) is 4.98 Å². The van der Waals surface area contributed by atoms with Gasteiger partial charge in [0.25, 0.3) is 0 Å². The summed E-state index contributed by atoms with van der Waals surface area (Å²) in [7, 11) is 0. The van der Waals surface area contributed by atoms with Gasteiger partial charge in [0.2, 0.25) is 11.8 Å². The molecule has 0 saturated carbocycles. The first-order valence-electron chi connectivity index (χ1n) is 10.7. The largest absolute Gasteiger partial charge is 0.493 e. The van der Waals surface area contributed by atoms with E-state index < -0.39 is 5.97 Å². The highest BCUT2D eigenvalue weighted by Gasteiger charge is 2.25. The Labute approximate surface area is 186 Å². The smallest absolute Gasteiger partial charge is 0.303 e. The SMILES string of the molecule is CC(=O)Nc1cccc(-c2nc(CCOc3ccc4c(c3)CC[C@H]4CC(=O)O)c(C)o2)c1. The zero-order chi connectivity index (χ0) is 22.7. The van der Waals surface area contributed by atoms with Crippen LogP contribution in [-0.4, -0.2) is 28.6 Å². The molecule has 0 fully saturated rings. The van der Waals surface area contributed by atoms with Crippen molar-refractivity contribution in [3.05, 3.63) is 65.0 Å². The molecule has 7 heteroatoms. The van der Waals surface area contributed by atoms with E-state index in [4.69, 9.17) is 14.3 Å². The van der Waals surface area contributed by atoms with Crippen LogP contribution in [0.4, 0.5) is 5.69 Å². The maximum atomic E-state index is 11.3. The lowest BCUT2D eigenvalue weighted by Gasteiger charge is -2.10. The van der Waals surface area contributed by atoms with Crippen LogP contribution in [0, 0.1) is 6.92 Å². The fourth-order valence-corrected chi connectivity index (χ4v) is 4.18. The normalized spacial score (nSPS) is 14.8. The molecule has 1 aliphatic rings. The summed E-state index contributed by atoms with van der Waals surface area (Å²) < 4.78 is 11.8. The third-order valence-corrected chi connectivity index (χ3v) is 5.67. The van der Waals surface area contributed by atoms with Crippen LogP contribution in [0.1, 0.15) is 48.3 Å². The highest BCUT2D eigenvalue weighted by Crippen LogP contribution is 2.37. The van der Waals surface area contributed by atoms with Gasteiger partial charge in [-0.1, -0.05) is 12.1 Å². The Hall–Kier alpha value is -3.61. The van der Waals surface area contributed by atoms with Crippen LogP contribution in [0.5, 0.6) is 5.75 Å². The van der Waals surface area contributed by atoms with Gasteiger partial charge in [-0.2, -0.15) is 0 Å². The van der Waals surface area contributed by atoms with Crippen LogP contribution in [0.2, 0.25) is 0 Å². The minimum Gasteiger partial charge on any atom is -0.493 e. The van der Waals surface area contributed by atoms with Crippen molar-refractivity contribution in [3.63, 3.8) is 0 Å². The molecule has 1 aromatic heterocycles. The number of fused-ring (bicyclic) bond motifs is 1. The molecule has 0 spiro atoms. The molecular formula is C25H26N2O5. The van der Waals surface area contributed by atoms with Crippen molar-refractivity contribution in [2.45, 2.75) is 45.4 Å². The zero-order valence-electron chi connectivity index (χ0n) is 18.2. The molecule has 1 aliphatic carbocycles. The Balaban J connectivity index is 1.38. The summed E-state index contributed by atoms with van der Waals surface area (Å²) in [6, 6.07) is 13.3. The van der Waals surface area contributed by atoms with Crippen molar-refractivity contribution in [3.8, 4) is 17.2 Å². The number of carboxylic acid groups (broad SMARTS) is 1. The molecule has 2 N–H and O–H groups in total. The number of nitrogens with zero attached hydrogens (tertiary/aromatic N) is 1. The van der Waals surface area contributed by atoms with Gasteiger partial charge in [0.15, 0.2) is 0 Å². The van der Waals surface area contributed by atoms with Gasteiger partial charge in [0.05, 0.1) is 18.7 Å². The summed E-state index contributed by atoms with van der Waals surface area (Å²) in [5.74, 6) is 1.23. The van der Waals surface area contributed by atoms with Gasteiger partial charge in [-0.05, 0) is 67.1 Å². The Kier molecular flexibility index (Phi) is 6.25. The minimum absolute atomic E-state index is 0.0944. The Morgan fingerprint density at radius 3 is 2.88 bits per heavy atom. The van der Waals surface area contributed by atoms with Crippen molar-refractivity contribution in [2.24, 2.45) is 0 Å². The third kappa shape index (κ3) is 4.99. The van der Waals surface area contributed by atoms with E-state index >= 15 is 0 Å². The molecule has 0 unspecified atom stereocenters. The van der Waals surface area contributed by atoms with Gasteiger partial charge in [0.1, 0.15) is 11.5 Å². The van der Waals surface area contributed by atoms with E-state index in [0.717, 1.165) is 41.2 Å². The van der Waals surface area contributed by atoms with Crippen molar-refractivity contribution in [1.29, 1.82) is 0 Å². The van der Waals surface area contributed by atoms with Crippen LogP contribution >= 0.6 is 0 Å². The number of nitrogens with one attached hydrogen (secondary N) is 1. The molecule has 1 heterocycles. The van der Waals surface area contributed by atoms with E-state index in [-0.39, 0.29) is 18.2 Å². The van der Waals surface area contributed by atoms with Gasteiger partial charge >= 0.3 is 5.97 Å². The van der Waals surface area contributed by atoms with Crippen molar-refractivity contribution in [1.82, 2.24) is 4.98 Å². The van der Waals surface area contributed by atoms with Crippen LogP contribution in [0.3, 0.4) is 0 Å². The second kappa shape index (κ2) is 9.26. The molecule has 166 valence electrons. The first-order chi connectivity index (χ1) is 15.4. The molecular weight excluding hydrogens is 408 g/mol. The molecule has 3 aromatic rings. The Morgan fingerprint density at radius 2 is 2.09 bits per heavy atom. The number of hydrogen-bond acceptors (Lipinski definition) is 5. The van der Waals surface area contributed by atoms with E-state index in [1.165, 1.54) is 12.5 Å². The number of aryl methyl sites for hydroxylation is 2. The number of ether oxygens (including phenoxy) is 1. The van der Waals surface area contributed by atoms with Gasteiger partial charge in [-0.3, -0.25) is 9.59 Å². The number of carboxylic acids is 1. The summed E-state index contributed by atoms with van der Waals surface area (Å²) in [5, 5.41) is 11.8. The lowest BCUT2D eigenvalue weighted by Crippen LogP contribution is -2.05. The quantitative estimate of drug-likeness (QED) is 0.531. The molecule has 7 nitrogen and oxygen atoms in total. The number of oxazole rings is 1. The van der Waals surface area contributed by atoms with E-state index in [0.29, 0.717) is 24.6 Å². The van der Waals surface area contributed by atoms with Crippen molar-refractivity contribution >= 4 is 17.6 Å². The van der Waals surface area contributed by atoms with E-state index in [2.05, 4.69) is 10.3 Å². The minimum atomic E-state index is -0.757. The summed E-state index contributed by atoms with van der Waals surface area (Å²) in [6.45, 7) is 3.80. The zero-order valence-corrected chi connectivity index (χ0v) is 18.2. The molecule has 0 radical (unpaired) electrons. The number of aliphatic carboxylic acids is 1. The Bertz CT molecular complexity index is 1150. The summed E-state index contributed by atoms with van der Waals surface area (Å²) >= 11 is 0. The number of aromatic nitrogens is 1. The summed E-state index contributed by atoms with van der Waals surface area (Å²) in [4.78, 5) is 26.9. The number of carbonyl (C=O) groups is 2. The number of hydrogen-bond donors (Lipinski definition) is 2. The number of carbonyl (C=O) groups excluding carboxylic acids is 1. The second-order valence-electron chi connectivity index (χ2n) is 8.08. The lowest BCUT2D eigenvalue weighted by molar-refractivity contribution is -0.137. The standard InChI is InChI=1S/C25H26N2O5/c1-15-23(27-25(32-15)19-4-3-5-20(12-19)26-16(2)28)10-11-31-21-8-9-22-17(13-21)6-7-18(22)14-24(29)30/h3-5,8-9,12-13,18H,6-7,10-11,14H2,1-2H3,(H,26,28)(H,29,30)/t18-/m0/s1. The predicted octanol–water partition coefficient (Wildman–Crippen LogP) is 4.73. The Morgan fingerprint density at radius 1 is 1.25 bits per heavy atom. The fraction of sp³-hybridized carbons (Fsp3) is 0.320. The van der Waals surface area contributed by atoms with Crippen LogP contribution < -0.4 is 10.1 Å². The molecule has 32 heavy (non-hydrogen) atoms. The highest BCUT2D eigenvalue weighted by atomic mass is 16.5. The fourth-order valence-electron chi connectivity index (χ4n) is 4.18. The molecule has 1 atom stereocenters. The topological polar surface area (TPSA) is 102 Å². The van der Waals surface area contributed by atoms with E-state index in [1.54, 1.807) is 0 Å². The highest BCUT2D eigenvalue weighted by molar-refractivity contribution is 5.89. The molecule has 2 aromatic carbocycles. The first-order valence-corrected chi connectivity index (χ1v) is 10.7. The number of benzene rings is 2. The second-order valence-corrected chi connectivity index (χ2v) is 8.08. The van der Waals surface area contributed by atoms with Crippen LogP contribution in [-0.2, 0) is 22.4 Å². The van der Waals surface area contributed by atoms with Crippen molar-refractivity contribution < 1.29 is 23.8 Å². The van der Waals surface area contributed by atoms with Crippen LogP contribution in [0.25, 0.3) is 11.5 Å².